The van der Waals surface area contributed by atoms with Gasteiger partial charge < -0.3 is 10.6 Å². The maximum atomic E-state index is 14.0. The number of anilines is 2. The molecule has 0 unspecified atom stereocenters. The van der Waals surface area contributed by atoms with Gasteiger partial charge in [-0.05, 0) is 61.4 Å². The zero-order valence-electron chi connectivity index (χ0n) is 14.9. The molecule has 0 atom stereocenters. The van der Waals surface area contributed by atoms with Gasteiger partial charge in [0.15, 0.2) is 0 Å². The van der Waals surface area contributed by atoms with Crippen molar-refractivity contribution in [3.8, 4) is 0 Å². The molecule has 0 spiro atoms. The van der Waals surface area contributed by atoms with E-state index in [4.69, 9.17) is 11.6 Å². The van der Waals surface area contributed by atoms with Crippen LogP contribution in [0.15, 0.2) is 42.5 Å². The minimum Gasteiger partial charge on any atom is -0.319 e. The molecule has 3 rings (SSSR count). The van der Waals surface area contributed by atoms with Crippen LogP contribution in [0.4, 0.5) is 19.5 Å². The third-order valence-corrected chi connectivity index (χ3v) is 5.37. The molecule has 144 valence electrons. The van der Waals surface area contributed by atoms with Crippen molar-refractivity contribution in [1.29, 1.82) is 0 Å². The van der Waals surface area contributed by atoms with E-state index < -0.39 is 23.4 Å². The summed E-state index contributed by atoms with van der Waals surface area (Å²) < 4.78 is 27.1. The molecule has 0 aliphatic rings. The van der Waals surface area contributed by atoms with Crippen LogP contribution in [0, 0.1) is 25.5 Å². The number of benzene rings is 2. The van der Waals surface area contributed by atoms with Crippen LogP contribution in [-0.4, -0.2) is 11.8 Å². The van der Waals surface area contributed by atoms with E-state index in [1.165, 1.54) is 18.2 Å². The SMILES string of the molecule is Cc1ccc(NC(=O)c2sc(NC(=O)c3ccc(F)cc3Cl)cc2C)c(F)c1. The third-order valence-electron chi connectivity index (χ3n) is 3.91. The molecule has 0 radical (unpaired) electrons. The fraction of sp³-hybridized carbons (Fsp3) is 0.100. The molecule has 8 heteroatoms. The molecule has 28 heavy (non-hydrogen) atoms. The van der Waals surface area contributed by atoms with Crippen molar-refractivity contribution >= 4 is 45.4 Å². The van der Waals surface area contributed by atoms with Gasteiger partial charge in [-0.25, -0.2) is 8.78 Å². The first-order valence-corrected chi connectivity index (χ1v) is 9.38. The number of carbonyl (C=O) groups excluding carboxylic acids is 2. The molecule has 2 N–H and O–H groups in total. The number of amides is 2. The molecule has 0 fully saturated rings. The van der Waals surface area contributed by atoms with Crippen LogP contribution in [-0.2, 0) is 0 Å². The van der Waals surface area contributed by atoms with E-state index in [-0.39, 0.29) is 16.3 Å². The van der Waals surface area contributed by atoms with E-state index in [2.05, 4.69) is 10.6 Å². The highest BCUT2D eigenvalue weighted by molar-refractivity contribution is 7.18. The lowest BCUT2D eigenvalue weighted by molar-refractivity contribution is 0.102. The maximum absolute atomic E-state index is 14.0. The lowest BCUT2D eigenvalue weighted by atomic mass is 10.2. The molecule has 1 aromatic heterocycles. The standard InChI is InChI=1S/C20H15ClF2N2O2S/c1-10-3-6-16(15(23)7-10)24-20(27)18-11(2)8-17(28-18)25-19(26)13-5-4-12(22)9-14(13)21/h3-9H,1-2H3,(H,24,27)(H,25,26). The second-order valence-corrected chi connectivity index (χ2v) is 7.60. The van der Waals surface area contributed by atoms with Crippen molar-refractivity contribution in [2.45, 2.75) is 13.8 Å². The number of hydrogen-bond acceptors (Lipinski definition) is 3. The Bertz CT molecular complexity index is 1080. The normalized spacial score (nSPS) is 10.6. The van der Waals surface area contributed by atoms with Crippen LogP contribution in [0.1, 0.15) is 31.2 Å². The summed E-state index contributed by atoms with van der Waals surface area (Å²) in [5.41, 5.74) is 1.55. The second kappa shape index (κ2) is 8.08. The summed E-state index contributed by atoms with van der Waals surface area (Å²) in [6, 6.07) is 9.60. The van der Waals surface area contributed by atoms with Gasteiger partial charge >= 0.3 is 0 Å². The van der Waals surface area contributed by atoms with Gasteiger partial charge in [0.2, 0.25) is 0 Å². The second-order valence-electron chi connectivity index (χ2n) is 6.14. The number of rotatable bonds is 4. The summed E-state index contributed by atoms with van der Waals surface area (Å²) in [6.45, 7) is 3.46. The number of carbonyl (C=O) groups is 2. The van der Waals surface area contributed by atoms with Gasteiger partial charge in [0.1, 0.15) is 11.6 Å². The molecule has 0 aliphatic heterocycles. The summed E-state index contributed by atoms with van der Waals surface area (Å²) >= 11 is 6.94. The molecule has 0 aliphatic carbocycles. The van der Waals surface area contributed by atoms with Gasteiger partial charge in [0.25, 0.3) is 11.8 Å². The Morgan fingerprint density at radius 1 is 0.964 bits per heavy atom. The Morgan fingerprint density at radius 2 is 1.71 bits per heavy atom. The minimum atomic E-state index is -0.546. The van der Waals surface area contributed by atoms with E-state index in [1.807, 2.05) is 0 Å². The van der Waals surface area contributed by atoms with Crippen LogP contribution in [0.2, 0.25) is 5.02 Å². The van der Waals surface area contributed by atoms with Gasteiger partial charge in [-0.1, -0.05) is 17.7 Å². The molecule has 0 saturated carbocycles. The number of halogens is 3. The lowest BCUT2D eigenvalue weighted by Crippen LogP contribution is -2.12. The first-order chi connectivity index (χ1) is 13.2. The molecule has 2 aromatic carbocycles. The summed E-state index contributed by atoms with van der Waals surface area (Å²) in [7, 11) is 0. The lowest BCUT2D eigenvalue weighted by Gasteiger charge is -2.06. The van der Waals surface area contributed by atoms with Gasteiger partial charge in [0.05, 0.1) is 26.2 Å². The zero-order valence-corrected chi connectivity index (χ0v) is 16.5. The van der Waals surface area contributed by atoms with Gasteiger partial charge in [0, 0.05) is 0 Å². The predicted molar refractivity (Wildman–Crippen MR) is 108 cm³/mol. The highest BCUT2D eigenvalue weighted by Gasteiger charge is 2.18. The Labute approximate surface area is 169 Å². The van der Waals surface area contributed by atoms with Crippen molar-refractivity contribution in [3.05, 3.63) is 80.7 Å². The van der Waals surface area contributed by atoms with E-state index in [1.54, 1.807) is 26.0 Å². The molecular weight excluding hydrogens is 406 g/mol. The van der Waals surface area contributed by atoms with Crippen LogP contribution in [0.25, 0.3) is 0 Å². The van der Waals surface area contributed by atoms with Gasteiger partial charge in [-0.3, -0.25) is 9.59 Å². The molecule has 0 bridgehead atoms. The zero-order chi connectivity index (χ0) is 20.4. The number of nitrogens with one attached hydrogen (secondary N) is 2. The molecule has 2 amide bonds. The average Bonchev–Trinajstić information content (AvgIpc) is 2.97. The Hall–Kier alpha value is -2.77. The molecule has 3 aromatic rings. The molecule has 1 heterocycles. The van der Waals surface area contributed by atoms with Crippen molar-refractivity contribution in [2.75, 3.05) is 10.6 Å². The van der Waals surface area contributed by atoms with Crippen LogP contribution in [0.5, 0.6) is 0 Å². The summed E-state index contributed by atoms with van der Waals surface area (Å²) in [5, 5.41) is 5.56. The quantitative estimate of drug-likeness (QED) is 0.560. The Kier molecular flexibility index (Phi) is 5.76. The highest BCUT2D eigenvalue weighted by atomic mass is 35.5. The topological polar surface area (TPSA) is 58.2 Å². The summed E-state index contributed by atoms with van der Waals surface area (Å²) in [4.78, 5) is 25.2. The smallest absolute Gasteiger partial charge is 0.266 e. The van der Waals surface area contributed by atoms with E-state index in [9.17, 15) is 18.4 Å². The Morgan fingerprint density at radius 3 is 2.39 bits per heavy atom. The molecule has 4 nitrogen and oxygen atoms in total. The maximum Gasteiger partial charge on any atom is 0.266 e. The monoisotopic (exact) mass is 420 g/mol. The van der Waals surface area contributed by atoms with Crippen molar-refractivity contribution in [2.24, 2.45) is 0 Å². The average molecular weight is 421 g/mol. The molecular formula is C20H15ClF2N2O2S. The largest absolute Gasteiger partial charge is 0.319 e. The van der Waals surface area contributed by atoms with Crippen molar-refractivity contribution in [1.82, 2.24) is 0 Å². The predicted octanol–water partition coefficient (Wildman–Crippen LogP) is 5.80. The van der Waals surface area contributed by atoms with E-state index in [0.29, 0.717) is 15.4 Å². The van der Waals surface area contributed by atoms with Gasteiger partial charge in [-0.15, -0.1) is 11.3 Å². The van der Waals surface area contributed by atoms with Crippen LogP contribution >= 0.6 is 22.9 Å². The third kappa shape index (κ3) is 4.37. The first-order valence-electron chi connectivity index (χ1n) is 8.19. The number of thiophene rings is 1. The van der Waals surface area contributed by atoms with Crippen LogP contribution in [0.3, 0.4) is 0 Å². The first kappa shape index (κ1) is 20.0. The summed E-state index contributed by atoms with van der Waals surface area (Å²) in [6.07, 6.45) is 0. The van der Waals surface area contributed by atoms with Crippen LogP contribution < -0.4 is 10.6 Å². The number of aryl methyl sites for hydroxylation is 2. The summed E-state index contributed by atoms with van der Waals surface area (Å²) in [5.74, 6) is -2.08. The fourth-order valence-corrected chi connectivity index (χ4v) is 3.74. The van der Waals surface area contributed by atoms with Crippen molar-refractivity contribution < 1.29 is 18.4 Å². The van der Waals surface area contributed by atoms with Crippen molar-refractivity contribution in [3.63, 3.8) is 0 Å². The highest BCUT2D eigenvalue weighted by Crippen LogP contribution is 2.29. The minimum absolute atomic E-state index is 0.0152. The number of hydrogen-bond donors (Lipinski definition) is 2. The van der Waals surface area contributed by atoms with E-state index in [0.717, 1.165) is 29.0 Å². The van der Waals surface area contributed by atoms with E-state index >= 15 is 0 Å². The molecule has 0 saturated heterocycles. The fourth-order valence-electron chi connectivity index (χ4n) is 2.52. The Balaban J connectivity index is 1.77. The van der Waals surface area contributed by atoms with Gasteiger partial charge in [-0.2, -0.15) is 0 Å².